The van der Waals surface area contributed by atoms with Crippen molar-refractivity contribution in [3.63, 3.8) is 0 Å². The topological polar surface area (TPSA) is 64.9 Å². The first-order valence-electron chi connectivity index (χ1n) is 4.86. The average Bonchev–Trinajstić information content (AvgIpc) is 2.28. The Morgan fingerprint density at radius 1 is 1.44 bits per heavy atom. The predicted molar refractivity (Wildman–Crippen MR) is 70.9 cm³/mol. The summed E-state index contributed by atoms with van der Waals surface area (Å²) in [5.74, 6) is -0.102. The fourth-order valence-corrected chi connectivity index (χ4v) is 1.68. The van der Waals surface area contributed by atoms with Crippen LogP contribution in [0.5, 0.6) is 0 Å². The van der Waals surface area contributed by atoms with E-state index in [1.807, 2.05) is 30.3 Å². The number of para-hydroxylation sites is 1. The molecule has 1 aromatic rings. The molecule has 0 unspecified atom stereocenters. The molecular weight excluding hydrogens is 317 g/mol. The maximum absolute atomic E-state index is 11.3. The zero-order valence-corrected chi connectivity index (χ0v) is 10.8. The highest BCUT2D eigenvalue weighted by Crippen LogP contribution is 2.16. The Morgan fingerprint density at radius 3 is 2.88 bits per heavy atom. The molecule has 2 N–H and O–H groups in total. The first-order chi connectivity index (χ1) is 7.74. The van der Waals surface area contributed by atoms with Crippen LogP contribution in [0.3, 0.4) is 0 Å². The molecule has 0 heterocycles. The summed E-state index contributed by atoms with van der Waals surface area (Å²) in [6.07, 6.45) is 0.342. The number of rotatable bonds is 5. The van der Waals surface area contributed by atoms with Crippen LogP contribution in [0.1, 0.15) is 6.42 Å². The quantitative estimate of drug-likeness (QED) is 0.639. The minimum Gasteiger partial charge on any atom is -0.375 e. The van der Waals surface area contributed by atoms with Crippen molar-refractivity contribution in [3.8, 4) is 6.07 Å². The van der Waals surface area contributed by atoms with E-state index in [4.69, 9.17) is 5.26 Å². The zero-order chi connectivity index (χ0) is 11.8. The molecule has 0 spiro atoms. The van der Waals surface area contributed by atoms with Crippen LogP contribution in [-0.2, 0) is 4.79 Å². The number of halogens is 1. The van der Waals surface area contributed by atoms with Crippen LogP contribution >= 0.6 is 22.6 Å². The van der Waals surface area contributed by atoms with E-state index < -0.39 is 0 Å². The molecule has 0 radical (unpaired) electrons. The van der Waals surface area contributed by atoms with Gasteiger partial charge >= 0.3 is 0 Å². The molecule has 4 nitrogen and oxygen atoms in total. The number of nitrogens with zero attached hydrogens (tertiary/aromatic N) is 1. The fourth-order valence-electron chi connectivity index (χ4n) is 1.10. The van der Waals surface area contributed by atoms with Gasteiger partial charge in [-0.3, -0.25) is 4.79 Å². The third kappa shape index (κ3) is 4.49. The Bertz CT molecular complexity index is 400. The molecule has 0 saturated heterocycles. The molecule has 16 heavy (non-hydrogen) atoms. The van der Waals surface area contributed by atoms with Crippen LogP contribution in [0.25, 0.3) is 0 Å². The van der Waals surface area contributed by atoms with E-state index in [0.717, 1.165) is 9.26 Å². The van der Waals surface area contributed by atoms with Crippen molar-refractivity contribution >= 4 is 34.2 Å². The van der Waals surface area contributed by atoms with Crippen molar-refractivity contribution in [1.82, 2.24) is 5.32 Å². The van der Waals surface area contributed by atoms with Crippen molar-refractivity contribution < 1.29 is 4.79 Å². The Morgan fingerprint density at radius 2 is 2.19 bits per heavy atom. The number of nitriles is 1. The molecule has 0 aromatic heterocycles. The minimum atomic E-state index is -0.102. The highest BCUT2D eigenvalue weighted by atomic mass is 127. The van der Waals surface area contributed by atoms with Gasteiger partial charge in [-0.25, -0.2) is 0 Å². The fraction of sp³-hybridized carbons (Fsp3) is 0.273. The molecule has 1 aromatic carbocycles. The van der Waals surface area contributed by atoms with Gasteiger partial charge in [0, 0.05) is 15.8 Å². The average molecular weight is 329 g/mol. The monoisotopic (exact) mass is 329 g/mol. The molecular formula is C11H12IN3O. The number of carbonyl (C=O) groups is 1. The second-order valence-corrected chi connectivity index (χ2v) is 4.25. The van der Waals surface area contributed by atoms with E-state index >= 15 is 0 Å². The first-order valence-corrected chi connectivity index (χ1v) is 5.94. The molecule has 0 bridgehead atoms. The smallest absolute Gasteiger partial charge is 0.239 e. The Labute approximate surface area is 108 Å². The van der Waals surface area contributed by atoms with Gasteiger partial charge in [-0.05, 0) is 34.7 Å². The lowest BCUT2D eigenvalue weighted by atomic mass is 10.3. The molecule has 0 saturated carbocycles. The van der Waals surface area contributed by atoms with Crippen LogP contribution in [0, 0.1) is 14.9 Å². The third-order valence-electron chi connectivity index (χ3n) is 1.87. The summed E-state index contributed by atoms with van der Waals surface area (Å²) in [7, 11) is 0. The Balaban J connectivity index is 2.32. The molecule has 0 atom stereocenters. The van der Waals surface area contributed by atoms with Crippen molar-refractivity contribution in [2.24, 2.45) is 0 Å². The second kappa shape index (κ2) is 7.06. The zero-order valence-electron chi connectivity index (χ0n) is 8.66. The highest BCUT2D eigenvalue weighted by molar-refractivity contribution is 14.1. The number of nitrogens with one attached hydrogen (secondary N) is 2. The van der Waals surface area contributed by atoms with Gasteiger partial charge in [-0.15, -0.1) is 0 Å². The first kappa shape index (κ1) is 12.8. The van der Waals surface area contributed by atoms with E-state index in [2.05, 4.69) is 33.2 Å². The van der Waals surface area contributed by atoms with Gasteiger partial charge in [0.05, 0.1) is 19.0 Å². The van der Waals surface area contributed by atoms with E-state index in [9.17, 15) is 4.79 Å². The van der Waals surface area contributed by atoms with Crippen LogP contribution in [0.15, 0.2) is 24.3 Å². The predicted octanol–water partition coefficient (Wildman–Crippen LogP) is 1.73. The molecule has 0 aliphatic rings. The summed E-state index contributed by atoms with van der Waals surface area (Å²) in [5.41, 5.74) is 0.943. The van der Waals surface area contributed by atoms with Gasteiger partial charge in [-0.1, -0.05) is 12.1 Å². The molecule has 0 aliphatic heterocycles. The lowest BCUT2D eigenvalue weighted by Gasteiger charge is -2.08. The largest absolute Gasteiger partial charge is 0.375 e. The number of amides is 1. The molecule has 0 fully saturated rings. The number of anilines is 1. The maximum Gasteiger partial charge on any atom is 0.239 e. The standard InChI is InChI=1S/C11H12IN3O/c12-9-4-1-2-5-10(9)15-8-11(16)14-7-3-6-13/h1-2,4-5,15H,3,7-8H2,(H,14,16). The summed E-state index contributed by atoms with van der Waals surface area (Å²) >= 11 is 2.20. The van der Waals surface area contributed by atoms with Gasteiger partial charge in [0.25, 0.3) is 0 Å². The van der Waals surface area contributed by atoms with Crippen LogP contribution in [0.2, 0.25) is 0 Å². The summed E-state index contributed by atoms with van der Waals surface area (Å²) in [5, 5.41) is 14.0. The molecule has 1 rings (SSSR count). The van der Waals surface area contributed by atoms with Crippen molar-refractivity contribution in [3.05, 3.63) is 27.8 Å². The summed E-state index contributed by atoms with van der Waals surface area (Å²) in [6, 6.07) is 9.72. The molecule has 84 valence electrons. The number of hydrogen-bond acceptors (Lipinski definition) is 3. The van der Waals surface area contributed by atoms with Crippen LogP contribution in [-0.4, -0.2) is 19.0 Å². The van der Waals surface area contributed by atoms with Crippen LogP contribution in [0.4, 0.5) is 5.69 Å². The van der Waals surface area contributed by atoms with E-state index in [0.29, 0.717) is 13.0 Å². The number of carbonyl (C=O) groups excluding carboxylic acids is 1. The van der Waals surface area contributed by atoms with Gasteiger partial charge in [0.2, 0.25) is 5.91 Å². The highest BCUT2D eigenvalue weighted by Gasteiger charge is 2.01. The normalized spacial score (nSPS) is 9.25. The van der Waals surface area contributed by atoms with E-state index in [1.165, 1.54) is 0 Å². The van der Waals surface area contributed by atoms with E-state index in [1.54, 1.807) is 0 Å². The second-order valence-electron chi connectivity index (χ2n) is 3.09. The molecule has 0 aliphatic carbocycles. The third-order valence-corrected chi connectivity index (χ3v) is 2.81. The SMILES string of the molecule is N#CCCNC(=O)CNc1ccccc1I. The summed E-state index contributed by atoms with van der Waals surface area (Å²) < 4.78 is 1.07. The number of benzene rings is 1. The van der Waals surface area contributed by atoms with Crippen LogP contribution < -0.4 is 10.6 Å². The lowest BCUT2D eigenvalue weighted by molar-refractivity contribution is -0.119. The van der Waals surface area contributed by atoms with Gasteiger partial charge in [0.15, 0.2) is 0 Å². The van der Waals surface area contributed by atoms with Crippen molar-refractivity contribution in [2.75, 3.05) is 18.4 Å². The molecule has 1 amide bonds. The van der Waals surface area contributed by atoms with Gasteiger partial charge in [0.1, 0.15) is 0 Å². The maximum atomic E-state index is 11.3. The summed E-state index contributed by atoms with van der Waals surface area (Å²) in [6.45, 7) is 0.633. The lowest BCUT2D eigenvalue weighted by Crippen LogP contribution is -2.30. The number of hydrogen-bond donors (Lipinski definition) is 2. The van der Waals surface area contributed by atoms with E-state index in [-0.39, 0.29) is 12.5 Å². The molecule has 5 heteroatoms. The Hall–Kier alpha value is -1.29. The van der Waals surface area contributed by atoms with Gasteiger partial charge < -0.3 is 10.6 Å². The van der Waals surface area contributed by atoms with Gasteiger partial charge in [-0.2, -0.15) is 5.26 Å². The minimum absolute atomic E-state index is 0.102. The van der Waals surface area contributed by atoms with Crippen molar-refractivity contribution in [1.29, 1.82) is 5.26 Å². The Kier molecular flexibility index (Phi) is 5.64. The van der Waals surface area contributed by atoms with Crippen molar-refractivity contribution in [2.45, 2.75) is 6.42 Å². The summed E-state index contributed by atoms with van der Waals surface area (Å²) in [4.78, 5) is 11.3.